The first-order valence-electron chi connectivity index (χ1n) is 10.9. The zero-order valence-electron chi connectivity index (χ0n) is 19.7. The number of rotatable bonds is 8. The Morgan fingerprint density at radius 2 is 1.50 bits per heavy atom. The number of hydrogen-bond donors (Lipinski definition) is 1. The molecule has 0 aliphatic rings. The van der Waals surface area contributed by atoms with E-state index < -0.39 is 5.92 Å². The molecule has 4 nitrogen and oxygen atoms in total. The Morgan fingerprint density at radius 1 is 0.938 bits per heavy atom. The van der Waals surface area contributed by atoms with Crippen LogP contribution in [0.15, 0.2) is 42.5 Å². The third kappa shape index (κ3) is 8.14. The first kappa shape index (κ1) is 26.2. The molecule has 0 aromatic heterocycles. The van der Waals surface area contributed by atoms with Gasteiger partial charge in [-0.2, -0.15) is 0 Å². The van der Waals surface area contributed by atoms with E-state index in [0.29, 0.717) is 15.6 Å². The molecule has 2 atom stereocenters. The molecule has 0 aliphatic carbocycles. The van der Waals surface area contributed by atoms with Crippen LogP contribution in [0.4, 0.5) is 0 Å². The fourth-order valence-corrected chi connectivity index (χ4v) is 3.85. The molecule has 2 rings (SSSR count). The number of ether oxygens (including phenoxy) is 1. The van der Waals surface area contributed by atoms with E-state index in [0.717, 1.165) is 24.0 Å². The number of carbonyl (C=O) groups excluding carboxylic acids is 2. The van der Waals surface area contributed by atoms with Crippen LogP contribution in [0, 0.1) is 5.41 Å². The molecule has 6 heteroatoms. The third-order valence-corrected chi connectivity index (χ3v) is 5.61. The summed E-state index contributed by atoms with van der Waals surface area (Å²) in [6.07, 6.45) is 1.52. The van der Waals surface area contributed by atoms with E-state index in [4.69, 9.17) is 27.9 Å². The van der Waals surface area contributed by atoms with E-state index in [1.165, 1.54) is 0 Å². The van der Waals surface area contributed by atoms with Gasteiger partial charge in [-0.05, 0) is 80.5 Å². The molecule has 1 N–H and O–H groups in total. The summed E-state index contributed by atoms with van der Waals surface area (Å²) in [7, 11) is 0. The fraction of sp³-hybridized carbons (Fsp3) is 0.462. The number of halogens is 2. The molecule has 2 aromatic rings. The number of hydrogen-bond acceptors (Lipinski definition) is 3. The van der Waals surface area contributed by atoms with Crippen molar-refractivity contribution in [1.29, 1.82) is 0 Å². The summed E-state index contributed by atoms with van der Waals surface area (Å²) in [6.45, 7) is 12.0. The number of carbonyl (C=O) groups is 2. The van der Waals surface area contributed by atoms with Crippen molar-refractivity contribution in [3.8, 4) is 0 Å². The second-order valence-corrected chi connectivity index (χ2v) is 10.5. The number of benzene rings is 2. The highest BCUT2D eigenvalue weighted by atomic mass is 35.5. The lowest BCUT2D eigenvalue weighted by atomic mass is 9.86. The van der Waals surface area contributed by atoms with Gasteiger partial charge >= 0.3 is 5.97 Å². The van der Waals surface area contributed by atoms with Gasteiger partial charge < -0.3 is 10.1 Å². The molecule has 0 saturated carbocycles. The van der Waals surface area contributed by atoms with Gasteiger partial charge in [0.15, 0.2) is 0 Å². The van der Waals surface area contributed by atoms with Gasteiger partial charge in [-0.15, -0.1) is 0 Å². The van der Waals surface area contributed by atoms with Crippen LogP contribution < -0.4 is 5.32 Å². The summed E-state index contributed by atoms with van der Waals surface area (Å²) < 4.78 is 5.26. The maximum Gasteiger partial charge on any atom is 0.338 e. The largest absolute Gasteiger partial charge is 0.459 e. The molecule has 32 heavy (non-hydrogen) atoms. The van der Waals surface area contributed by atoms with Crippen LogP contribution >= 0.6 is 23.2 Å². The highest BCUT2D eigenvalue weighted by molar-refractivity contribution is 6.34. The average molecular weight is 478 g/mol. The predicted octanol–water partition coefficient (Wildman–Crippen LogP) is 7.35. The summed E-state index contributed by atoms with van der Waals surface area (Å²) in [5.41, 5.74) is 2.32. The highest BCUT2D eigenvalue weighted by Gasteiger charge is 2.23. The minimum absolute atomic E-state index is 0.106. The van der Waals surface area contributed by atoms with Crippen LogP contribution in [-0.4, -0.2) is 18.0 Å². The zero-order chi connectivity index (χ0) is 24.1. The van der Waals surface area contributed by atoms with Gasteiger partial charge in [0.1, 0.15) is 0 Å². The average Bonchev–Trinajstić information content (AvgIpc) is 2.68. The van der Waals surface area contributed by atoms with Crippen molar-refractivity contribution in [3.05, 3.63) is 69.2 Å². The smallest absolute Gasteiger partial charge is 0.338 e. The predicted molar refractivity (Wildman–Crippen MR) is 131 cm³/mol. The molecule has 0 bridgehead atoms. The van der Waals surface area contributed by atoms with Crippen LogP contribution in [0.2, 0.25) is 10.0 Å². The molecule has 0 spiro atoms. The van der Waals surface area contributed by atoms with Crippen LogP contribution in [0.5, 0.6) is 0 Å². The molecule has 0 aliphatic heterocycles. The van der Waals surface area contributed by atoms with E-state index in [9.17, 15) is 9.59 Å². The van der Waals surface area contributed by atoms with E-state index in [2.05, 4.69) is 26.1 Å². The van der Waals surface area contributed by atoms with Crippen LogP contribution in [-0.2, 0) is 9.53 Å². The summed E-state index contributed by atoms with van der Waals surface area (Å²) in [5, 5.41) is 4.18. The quantitative estimate of drug-likeness (QED) is 0.404. The Bertz CT molecular complexity index is 913. The first-order valence-corrected chi connectivity index (χ1v) is 11.7. The third-order valence-electron chi connectivity index (χ3n) is 5.17. The summed E-state index contributed by atoms with van der Waals surface area (Å²) >= 11 is 12.2. The molecular formula is C26H33Cl2NO3. The van der Waals surface area contributed by atoms with Crippen LogP contribution in [0.3, 0.4) is 0 Å². The Labute approximate surface area is 201 Å². The molecule has 0 fully saturated rings. The molecule has 2 aromatic carbocycles. The number of amides is 1. The van der Waals surface area contributed by atoms with Crippen LogP contribution in [0.1, 0.15) is 87.8 Å². The normalized spacial score (nSPS) is 13.5. The number of nitrogens with one attached hydrogen (secondary N) is 1. The van der Waals surface area contributed by atoms with Crippen LogP contribution in [0.25, 0.3) is 0 Å². The maximum absolute atomic E-state index is 13.1. The molecule has 0 radical (unpaired) electrons. The Hall–Kier alpha value is -2.04. The monoisotopic (exact) mass is 477 g/mol. The van der Waals surface area contributed by atoms with E-state index in [1.54, 1.807) is 30.3 Å². The topological polar surface area (TPSA) is 55.4 Å². The van der Waals surface area contributed by atoms with E-state index >= 15 is 0 Å². The van der Waals surface area contributed by atoms with Gasteiger partial charge in [0, 0.05) is 10.0 Å². The van der Waals surface area contributed by atoms with Gasteiger partial charge in [-0.3, -0.25) is 4.79 Å². The molecule has 1 unspecified atom stereocenters. The van der Waals surface area contributed by atoms with Crippen molar-refractivity contribution in [3.63, 3.8) is 0 Å². The van der Waals surface area contributed by atoms with Crippen molar-refractivity contribution < 1.29 is 14.3 Å². The van der Waals surface area contributed by atoms with Gasteiger partial charge in [-0.25, -0.2) is 4.79 Å². The van der Waals surface area contributed by atoms with Gasteiger partial charge in [0.25, 0.3) is 0 Å². The lowest BCUT2D eigenvalue weighted by Crippen LogP contribution is -2.32. The Balaban J connectivity index is 2.22. The summed E-state index contributed by atoms with van der Waals surface area (Å²) in [4.78, 5) is 25.3. The second kappa shape index (κ2) is 11.2. The van der Waals surface area contributed by atoms with E-state index in [-0.39, 0.29) is 29.4 Å². The lowest BCUT2D eigenvalue weighted by Gasteiger charge is -2.26. The second-order valence-electron chi connectivity index (χ2n) is 9.66. The Morgan fingerprint density at radius 3 is 2.00 bits per heavy atom. The van der Waals surface area contributed by atoms with E-state index in [1.807, 2.05) is 32.9 Å². The molecule has 174 valence electrons. The van der Waals surface area contributed by atoms with Gasteiger partial charge in [-0.1, -0.05) is 56.1 Å². The first-order chi connectivity index (χ1) is 14.9. The fourth-order valence-electron chi connectivity index (χ4n) is 3.31. The minimum atomic E-state index is -0.413. The Kier molecular flexibility index (Phi) is 9.18. The number of esters is 1. The van der Waals surface area contributed by atoms with Gasteiger partial charge in [0.2, 0.25) is 5.91 Å². The molecular weight excluding hydrogens is 445 g/mol. The van der Waals surface area contributed by atoms with Crippen molar-refractivity contribution in [1.82, 2.24) is 5.32 Å². The minimum Gasteiger partial charge on any atom is -0.459 e. The molecule has 1 amide bonds. The highest BCUT2D eigenvalue weighted by Crippen LogP contribution is 2.30. The van der Waals surface area contributed by atoms with Crippen molar-refractivity contribution in [2.45, 2.75) is 72.4 Å². The lowest BCUT2D eigenvalue weighted by molar-refractivity contribution is -0.123. The standard InChI is InChI=1S/C26H33Cl2NO3/c1-16(2)32-25(31)19-9-7-18(8-10-19)23(11-12-26(4,5)6)29-24(30)17(3)20-13-21(27)15-22(28)14-20/h7-10,13-17,23H,11-12H2,1-6H3,(H,29,30)/t17?,23-/m1/s1. The molecule has 0 saturated heterocycles. The maximum atomic E-state index is 13.1. The summed E-state index contributed by atoms with van der Waals surface area (Å²) in [5.74, 6) is -0.873. The van der Waals surface area contributed by atoms with Crippen molar-refractivity contribution in [2.24, 2.45) is 5.41 Å². The SMILES string of the molecule is CC(C)OC(=O)c1ccc([C@@H](CCC(C)(C)C)NC(=O)C(C)c2cc(Cl)cc(Cl)c2)cc1. The van der Waals surface area contributed by atoms with Crippen molar-refractivity contribution >= 4 is 35.1 Å². The summed E-state index contributed by atoms with van der Waals surface area (Å²) in [6, 6.07) is 12.2. The van der Waals surface area contributed by atoms with Gasteiger partial charge in [0.05, 0.1) is 23.6 Å². The zero-order valence-corrected chi connectivity index (χ0v) is 21.2. The van der Waals surface area contributed by atoms with Crippen molar-refractivity contribution in [2.75, 3.05) is 0 Å². The molecule has 0 heterocycles.